The number of rotatable bonds is 8. The van der Waals surface area contributed by atoms with E-state index >= 15 is 0 Å². The number of sulfone groups is 1. The molecule has 0 spiro atoms. The van der Waals surface area contributed by atoms with Crippen LogP contribution in [0.15, 0.2) is 0 Å². The zero-order chi connectivity index (χ0) is 14.9. The maximum absolute atomic E-state index is 12.5. The van der Waals surface area contributed by atoms with Gasteiger partial charge in [-0.2, -0.15) is 0 Å². The molecule has 20 heavy (non-hydrogen) atoms. The molecule has 1 amide bonds. The van der Waals surface area contributed by atoms with E-state index in [1.54, 1.807) is 0 Å². The molecule has 2 aliphatic rings. The van der Waals surface area contributed by atoms with Crippen molar-refractivity contribution in [2.24, 2.45) is 0 Å². The molecule has 5 nitrogen and oxygen atoms in total. The highest BCUT2D eigenvalue weighted by Crippen LogP contribution is 2.31. The second-order valence-electron chi connectivity index (χ2n) is 6.27. The van der Waals surface area contributed by atoms with Crippen molar-refractivity contribution in [3.8, 4) is 0 Å². The highest BCUT2D eigenvalue weighted by molar-refractivity contribution is 7.90. The molecule has 0 unspecified atom stereocenters. The topological polar surface area (TPSA) is 57.7 Å². The summed E-state index contributed by atoms with van der Waals surface area (Å²) >= 11 is 0. The van der Waals surface area contributed by atoms with Gasteiger partial charge >= 0.3 is 0 Å². The highest BCUT2D eigenvalue weighted by Gasteiger charge is 2.38. The van der Waals surface area contributed by atoms with Crippen molar-refractivity contribution in [3.63, 3.8) is 0 Å². The summed E-state index contributed by atoms with van der Waals surface area (Å²) in [6.45, 7) is 5.25. The Balaban J connectivity index is 1.98. The minimum Gasteiger partial charge on any atom is -0.335 e. The largest absolute Gasteiger partial charge is 0.335 e. The molecule has 2 aliphatic carbocycles. The van der Waals surface area contributed by atoms with Gasteiger partial charge in [-0.3, -0.25) is 9.69 Å². The molecule has 2 fully saturated rings. The van der Waals surface area contributed by atoms with Crippen molar-refractivity contribution >= 4 is 15.7 Å². The van der Waals surface area contributed by atoms with Crippen molar-refractivity contribution < 1.29 is 13.2 Å². The Kier molecular flexibility index (Phi) is 4.74. The zero-order valence-electron chi connectivity index (χ0n) is 12.7. The molecule has 0 aliphatic heterocycles. The molecule has 116 valence electrons. The Morgan fingerprint density at radius 2 is 1.75 bits per heavy atom. The minimum atomic E-state index is -3.05. The number of likely N-dealkylation sites (N-methyl/N-ethyl adjacent to an activating group) is 1. The van der Waals surface area contributed by atoms with E-state index in [9.17, 15) is 13.2 Å². The minimum absolute atomic E-state index is 0.0603. The van der Waals surface area contributed by atoms with Crippen molar-refractivity contribution in [2.75, 3.05) is 25.1 Å². The van der Waals surface area contributed by atoms with Crippen molar-refractivity contribution in [1.82, 2.24) is 9.80 Å². The van der Waals surface area contributed by atoms with E-state index in [-0.39, 0.29) is 23.7 Å². The first-order valence-electron chi connectivity index (χ1n) is 7.54. The summed E-state index contributed by atoms with van der Waals surface area (Å²) in [5.74, 6) is 0.155. The van der Waals surface area contributed by atoms with Gasteiger partial charge in [-0.25, -0.2) is 8.42 Å². The summed E-state index contributed by atoms with van der Waals surface area (Å²) in [6, 6.07) is 0.607. The van der Waals surface area contributed by atoms with Crippen LogP contribution in [0.1, 0.15) is 39.5 Å². The standard InChI is InChI=1S/C14H26N2O3S/c1-4-15(12-5-6-12)9-14(17)16(13-7-8-13)11(2)10-20(3,18)19/h11-13H,4-10H2,1-3H3/t11-/m1/s1. The lowest BCUT2D eigenvalue weighted by molar-refractivity contribution is -0.134. The van der Waals surface area contributed by atoms with E-state index in [0.29, 0.717) is 12.6 Å². The van der Waals surface area contributed by atoms with Gasteiger partial charge in [-0.1, -0.05) is 6.92 Å². The fourth-order valence-electron chi connectivity index (χ4n) is 2.87. The third-order valence-corrected chi connectivity index (χ3v) is 5.14. The van der Waals surface area contributed by atoms with E-state index in [4.69, 9.17) is 0 Å². The van der Waals surface area contributed by atoms with E-state index in [1.165, 1.54) is 19.1 Å². The van der Waals surface area contributed by atoms with Crippen LogP contribution in [0.5, 0.6) is 0 Å². The predicted octanol–water partition coefficient (Wildman–Crippen LogP) is 0.895. The summed E-state index contributed by atoms with van der Waals surface area (Å²) < 4.78 is 22.9. The molecule has 0 radical (unpaired) electrons. The third kappa shape index (κ3) is 4.45. The van der Waals surface area contributed by atoms with Crippen LogP contribution in [0.4, 0.5) is 0 Å². The van der Waals surface area contributed by atoms with Gasteiger partial charge in [-0.15, -0.1) is 0 Å². The molecule has 0 saturated heterocycles. The molecule has 0 aromatic heterocycles. The van der Waals surface area contributed by atoms with E-state index in [1.807, 2.05) is 11.8 Å². The van der Waals surface area contributed by atoms with Gasteiger partial charge in [0.05, 0.1) is 12.3 Å². The van der Waals surface area contributed by atoms with Crippen LogP contribution in [-0.4, -0.2) is 67.3 Å². The van der Waals surface area contributed by atoms with Crippen LogP contribution < -0.4 is 0 Å². The predicted molar refractivity (Wildman–Crippen MR) is 79.3 cm³/mol. The number of nitrogens with zero attached hydrogens (tertiary/aromatic N) is 2. The van der Waals surface area contributed by atoms with Gasteiger partial charge in [0.1, 0.15) is 9.84 Å². The molecule has 6 heteroatoms. The lowest BCUT2D eigenvalue weighted by Gasteiger charge is -2.31. The third-order valence-electron chi connectivity index (χ3n) is 4.05. The van der Waals surface area contributed by atoms with Crippen LogP contribution >= 0.6 is 0 Å². The summed E-state index contributed by atoms with van der Waals surface area (Å²) in [4.78, 5) is 16.6. The monoisotopic (exact) mass is 302 g/mol. The summed E-state index contributed by atoms with van der Waals surface area (Å²) in [7, 11) is -3.05. The van der Waals surface area contributed by atoms with Gasteiger partial charge in [-0.05, 0) is 39.2 Å². The molecule has 0 bridgehead atoms. The molecular weight excluding hydrogens is 276 g/mol. The van der Waals surface area contributed by atoms with Crippen LogP contribution in [0.3, 0.4) is 0 Å². The van der Waals surface area contributed by atoms with Crippen LogP contribution in [-0.2, 0) is 14.6 Å². The first kappa shape index (κ1) is 15.8. The Hall–Kier alpha value is -0.620. The SMILES string of the molecule is CCN(CC(=O)N(C1CC1)[C@H](C)CS(C)(=O)=O)C1CC1. The Morgan fingerprint density at radius 3 is 2.15 bits per heavy atom. The lowest BCUT2D eigenvalue weighted by Crippen LogP contribution is -2.48. The smallest absolute Gasteiger partial charge is 0.237 e. The summed E-state index contributed by atoms with van der Waals surface area (Å²) in [5, 5.41) is 0. The molecule has 0 aromatic carbocycles. The van der Waals surface area contributed by atoms with Crippen molar-refractivity contribution in [1.29, 1.82) is 0 Å². The van der Waals surface area contributed by atoms with E-state index < -0.39 is 9.84 Å². The molecular formula is C14H26N2O3S. The molecule has 0 N–H and O–H groups in total. The second-order valence-corrected chi connectivity index (χ2v) is 8.45. The molecule has 0 aromatic rings. The summed E-state index contributed by atoms with van der Waals surface area (Å²) in [6.07, 6.45) is 5.62. The fraction of sp³-hybridized carbons (Fsp3) is 0.929. The van der Waals surface area contributed by atoms with E-state index in [0.717, 1.165) is 19.4 Å². The average molecular weight is 302 g/mol. The van der Waals surface area contributed by atoms with E-state index in [2.05, 4.69) is 11.8 Å². The summed E-state index contributed by atoms with van der Waals surface area (Å²) in [5.41, 5.74) is 0. The van der Waals surface area contributed by atoms with Crippen LogP contribution in [0, 0.1) is 0 Å². The number of hydrogen-bond donors (Lipinski definition) is 0. The Labute approximate surface area is 122 Å². The van der Waals surface area contributed by atoms with Gasteiger partial charge in [0.25, 0.3) is 0 Å². The van der Waals surface area contributed by atoms with Gasteiger partial charge in [0.2, 0.25) is 5.91 Å². The number of carbonyl (C=O) groups excluding carboxylic acids is 1. The van der Waals surface area contributed by atoms with Gasteiger partial charge < -0.3 is 4.90 Å². The molecule has 2 rings (SSSR count). The molecule has 0 heterocycles. The second kappa shape index (κ2) is 6.02. The molecule has 1 atom stereocenters. The maximum atomic E-state index is 12.5. The quantitative estimate of drug-likeness (QED) is 0.668. The van der Waals surface area contributed by atoms with Crippen LogP contribution in [0.25, 0.3) is 0 Å². The first-order valence-corrected chi connectivity index (χ1v) is 9.60. The van der Waals surface area contributed by atoms with Crippen molar-refractivity contribution in [2.45, 2.75) is 57.7 Å². The normalized spacial score (nSPS) is 21.0. The number of hydrogen-bond acceptors (Lipinski definition) is 4. The average Bonchev–Trinajstić information content (AvgIpc) is 3.14. The highest BCUT2D eigenvalue weighted by atomic mass is 32.2. The van der Waals surface area contributed by atoms with Crippen LogP contribution in [0.2, 0.25) is 0 Å². The zero-order valence-corrected chi connectivity index (χ0v) is 13.5. The van der Waals surface area contributed by atoms with Gasteiger partial charge in [0, 0.05) is 24.4 Å². The fourth-order valence-corrected chi connectivity index (χ4v) is 3.91. The molecule has 2 saturated carbocycles. The maximum Gasteiger partial charge on any atom is 0.237 e. The van der Waals surface area contributed by atoms with Gasteiger partial charge in [0.15, 0.2) is 0 Å². The number of carbonyl (C=O) groups is 1. The number of amides is 1. The van der Waals surface area contributed by atoms with Crippen molar-refractivity contribution in [3.05, 3.63) is 0 Å². The first-order chi connectivity index (χ1) is 9.31. The Morgan fingerprint density at radius 1 is 1.20 bits per heavy atom. The Bertz CT molecular complexity index is 455. The lowest BCUT2D eigenvalue weighted by atomic mass is 10.3.